The Hall–Kier alpha value is -2.86. The number of carbonyl (C=O) groups is 2. The SMILES string of the molecule is CC(O)NC(=O)Nc1ccc(C(=O)Nc2c3c(cc4c2C(C)(C)CCC4(C)C)C(C)(C)CCC3(C)C)cc1. The third kappa shape index (κ3) is 5.20. The Morgan fingerprint density at radius 3 is 1.63 bits per heavy atom. The number of rotatable bonds is 4. The van der Waals surface area contributed by atoms with E-state index in [-0.39, 0.29) is 27.6 Å². The zero-order valence-electron chi connectivity index (χ0n) is 24.6. The van der Waals surface area contributed by atoms with Crippen molar-refractivity contribution in [1.82, 2.24) is 5.32 Å². The van der Waals surface area contributed by atoms with Crippen molar-refractivity contribution in [1.29, 1.82) is 0 Å². The number of anilines is 2. The standard InChI is InChI=1S/C32H45N3O3/c1-19(36)33-28(38)34-21-12-10-20(11-13-21)27(37)35-26-24-22(29(2,3)14-16-31(24,6)7)18-23-25(26)32(8,9)17-15-30(23,4)5/h10-13,18-19,36H,14-17H2,1-9H3,(H,35,37)(H2,33,34,38). The van der Waals surface area contributed by atoms with Crippen LogP contribution < -0.4 is 16.0 Å². The summed E-state index contributed by atoms with van der Waals surface area (Å²) >= 11 is 0. The van der Waals surface area contributed by atoms with Crippen LogP contribution in [0.2, 0.25) is 0 Å². The van der Waals surface area contributed by atoms with Gasteiger partial charge in [0.05, 0.1) is 0 Å². The van der Waals surface area contributed by atoms with Crippen molar-refractivity contribution >= 4 is 23.3 Å². The first-order valence-electron chi connectivity index (χ1n) is 13.8. The van der Waals surface area contributed by atoms with Gasteiger partial charge in [-0.2, -0.15) is 0 Å². The van der Waals surface area contributed by atoms with E-state index in [0.29, 0.717) is 11.3 Å². The molecule has 3 amide bonds. The molecule has 4 N–H and O–H groups in total. The summed E-state index contributed by atoms with van der Waals surface area (Å²) in [4.78, 5) is 25.7. The smallest absolute Gasteiger partial charge is 0.321 e. The molecule has 2 aromatic rings. The quantitative estimate of drug-likeness (QED) is 0.325. The Kier molecular flexibility index (Phi) is 6.97. The van der Waals surface area contributed by atoms with E-state index in [1.165, 1.54) is 29.2 Å². The molecule has 6 nitrogen and oxygen atoms in total. The summed E-state index contributed by atoms with van der Waals surface area (Å²) in [7, 11) is 0. The molecule has 0 saturated carbocycles. The van der Waals surface area contributed by atoms with E-state index in [4.69, 9.17) is 0 Å². The van der Waals surface area contributed by atoms with E-state index in [9.17, 15) is 14.7 Å². The average molecular weight is 520 g/mol. The molecule has 0 saturated heterocycles. The van der Waals surface area contributed by atoms with Gasteiger partial charge in [0.1, 0.15) is 6.23 Å². The molecule has 0 radical (unpaired) electrons. The molecule has 0 spiro atoms. The number of fused-ring (bicyclic) bond motifs is 2. The highest BCUT2D eigenvalue weighted by molar-refractivity contribution is 6.06. The fraction of sp³-hybridized carbons (Fsp3) is 0.562. The van der Waals surface area contributed by atoms with E-state index in [0.717, 1.165) is 31.4 Å². The van der Waals surface area contributed by atoms with Crippen LogP contribution in [0.1, 0.15) is 121 Å². The summed E-state index contributed by atoms with van der Waals surface area (Å²) in [6.45, 7) is 20.0. The van der Waals surface area contributed by atoms with Crippen LogP contribution in [-0.4, -0.2) is 23.3 Å². The molecule has 1 unspecified atom stereocenters. The monoisotopic (exact) mass is 519 g/mol. The molecule has 0 heterocycles. The van der Waals surface area contributed by atoms with Crippen molar-refractivity contribution in [2.24, 2.45) is 0 Å². The number of hydrogen-bond acceptors (Lipinski definition) is 3. The summed E-state index contributed by atoms with van der Waals surface area (Å²) in [5, 5.41) is 17.8. The second kappa shape index (κ2) is 9.41. The second-order valence-corrected chi connectivity index (χ2v) is 13.9. The predicted octanol–water partition coefficient (Wildman–Crippen LogP) is 7.10. The lowest BCUT2D eigenvalue weighted by Gasteiger charge is -2.49. The van der Waals surface area contributed by atoms with E-state index in [1.54, 1.807) is 24.3 Å². The van der Waals surface area contributed by atoms with Gasteiger partial charge in [0, 0.05) is 16.9 Å². The Balaban J connectivity index is 1.80. The fourth-order valence-corrected chi connectivity index (χ4v) is 6.30. The predicted molar refractivity (Wildman–Crippen MR) is 155 cm³/mol. The third-order valence-electron chi connectivity index (χ3n) is 8.87. The lowest BCUT2D eigenvalue weighted by atomic mass is 9.56. The number of benzene rings is 2. The Labute approximate surface area is 228 Å². The lowest BCUT2D eigenvalue weighted by Crippen LogP contribution is -2.41. The third-order valence-corrected chi connectivity index (χ3v) is 8.87. The maximum absolute atomic E-state index is 13.8. The van der Waals surface area contributed by atoms with Crippen LogP contribution in [0.25, 0.3) is 0 Å². The highest BCUT2D eigenvalue weighted by Gasteiger charge is 2.46. The van der Waals surface area contributed by atoms with Crippen LogP contribution in [0, 0.1) is 0 Å². The van der Waals surface area contributed by atoms with Crippen LogP contribution in [0.3, 0.4) is 0 Å². The van der Waals surface area contributed by atoms with Gasteiger partial charge in [0.25, 0.3) is 5.91 Å². The molecule has 0 aliphatic heterocycles. The van der Waals surface area contributed by atoms with Crippen molar-refractivity contribution in [2.45, 2.75) is 116 Å². The molecule has 2 aromatic carbocycles. The number of nitrogens with one attached hydrogen (secondary N) is 3. The first kappa shape index (κ1) is 28.2. The van der Waals surface area contributed by atoms with E-state index >= 15 is 0 Å². The molecule has 0 fully saturated rings. The van der Waals surface area contributed by atoms with Crippen LogP contribution in [0.15, 0.2) is 30.3 Å². The van der Waals surface area contributed by atoms with Crippen molar-refractivity contribution in [3.63, 3.8) is 0 Å². The molecule has 0 bridgehead atoms. The maximum Gasteiger partial charge on any atom is 0.321 e. The van der Waals surface area contributed by atoms with Crippen molar-refractivity contribution < 1.29 is 14.7 Å². The van der Waals surface area contributed by atoms with Gasteiger partial charge in [-0.15, -0.1) is 0 Å². The zero-order valence-corrected chi connectivity index (χ0v) is 24.6. The van der Waals surface area contributed by atoms with Gasteiger partial charge in [0.15, 0.2) is 0 Å². The molecule has 4 rings (SSSR count). The van der Waals surface area contributed by atoms with Crippen LogP contribution in [0.4, 0.5) is 16.2 Å². The molecule has 0 aromatic heterocycles. The Morgan fingerprint density at radius 2 is 1.18 bits per heavy atom. The average Bonchev–Trinajstić information content (AvgIpc) is 2.79. The number of amides is 3. The molecule has 2 aliphatic carbocycles. The van der Waals surface area contributed by atoms with Gasteiger partial charge < -0.3 is 21.1 Å². The van der Waals surface area contributed by atoms with Crippen molar-refractivity contribution in [2.75, 3.05) is 10.6 Å². The first-order chi connectivity index (χ1) is 17.4. The molecule has 206 valence electrons. The summed E-state index contributed by atoms with van der Waals surface area (Å²) in [5.41, 5.74) is 7.26. The maximum atomic E-state index is 13.8. The Morgan fingerprint density at radius 1 is 0.737 bits per heavy atom. The summed E-state index contributed by atoms with van der Waals surface area (Å²) in [6.07, 6.45) is 3.40. The minimum atomic E-state index is -0.953. The number of urea groups is 1. The van der Waals surface area contributed by atoms with Crippen molar-refractivity contribution in [3.8, 4) is 0 Å². The molecule has 2 aliphatic rings. The van der Waals surface area contributed by atoms with Crippen LogP contribution in [-0.2, 0) is 21.7 Å². The first-order valence-corrected chi connectivity index (χ1v) is 13.8. The highest BCUT2D eigenvalue weighted by atomic mass is 16.3. The number of aliphatic hydroxyl groups excluding tert-OH is 1. The molecule has 38 heavy (non-hydrogen) atoms. The molecule has 6 heteroatoms. The number of carbonyl (C=O) groups excluding carboxylic acids is 2. The fourth-order valence-electron chi connectivity index (χ4n) is 6.30. The van der Waals surface area contributed by atoms with E-state index in [1.807, 2.05) is 0 Å². The van der Waals surface area contributed by atoms with Gasteiger partial charge in [-0.05, 0) is 101 Å². The molecular formula is C32H45N3O3. The Bertz CT molecular complexity index is 1200. The van der Waals surface area contributed by atoms with Gasteiger partial charge in [-0.25, -0.2) is 4.79 Å². The van der Waals surface area contributed by atoms with E-state index < -0.39 is 12.3 Å². The summed E-state index contributed by atoms with van der Waals surface area (Å²) in [6, 6.07) is 8.81. The lowest BCUT2D eigenvalue weighted by molar-refractivity contribution is 0.102. The summed E-state index contributed by atoms with van der Waals surface area (Å²) < 4.78 is 0. The minimum absolute atomic E-state index is 0.0248. The van der Waals surface area contributed by atoms with Gasteiger partial charge in [-0.1, -0.05) is 61.5 Å². The molecular weight excluding hydrogens is 474 g/mol. The number of aliphatic hydroxyl groups is 1. The highest BCUT2D eigenvalue weighted by Crippen LogP contribution is 2.56. The van der Waals surface area contributed by atoms with Crippen LogP contribution >= 0.6 is 0 Å². The summed E-state index contributed by atoms with van der Waals surface area (Å²) in [5.74, 6) is -0.154. The number of hydrogen-bond donors (Lipinski definition) is 4. The largest absolute Gasteiger partial charge is 0.374 e. The normalized spacial score (nSPS) is 20.9. The van der Waals surface area contributed by atoms with E-state index in [2.05, 4.69) is 77.4 Å². The zero-order chi connectivity index (χ0) is 28.3. The second-order valence-electron chi connectivity index (χ2n) is 13.9. The van der Waals surface area contributed by atoms with Gasteiger partial charge in [-0.3, -0.25) is 4.79 Å². The minimum Gasteiger partial charge on any atom is -0.374 e. The molecule has 1 atom stereocenters. The van der Waals surface area contributed by atoms with Crippen molar-refractivity contribution in [3.05, 3.63) is 58.1 Å². The van der Waals surface area contributed by atoms with Gasteiger partial charge >= 0.3 is 6.03 Å². The van der Waals surface area contributed by atoms with Crippen LogP contribution in [0.5, 0.6) is 0 Å². The van der Waals surface area contributed by atoms with Gasteiger partial charge in [0.2, 0.25) is 0 Å². The topological polar surface area (TPSA) is 90.5 Å².